The predicted octanol–water partition coefficient (Wildman–Crippen LogP) is -0.573. The number of rotatable bonds is 3. The lowest BCUT2D eigenvalue weighted by atomic mass is 10.3. The van der Waals surface area contributed by atoms with Gasteiger partial charge in [-0.05, 0) is 6.92 Å². The molecule has 0 aliphatic heterocycles. The Labute approximate surface area is 42.9 Å². The van der Waals surface area contributed by atoms with E-state index in [0.29, 0.717) is 6.42 Å². The molecule has 42 valence electrons. The molecule has 1 atom stereocenters. The Bertz CT molecular complexity index is 55.7. The van der Waals surface area contributed by atoms with Crippen molar-refractivity contribution in [1.29, 1.82) is 0 Å². The minimum atomic E-state index is 0.109. The van der Waals surface area contributed by atoms with Crippen LogP contribution in [0.1, 0.15) is 13.3 Å². The average Bonchev–Trinajstić information content (AvgIpc) is 1.68. The van der Waals surface area contributed by atoms with Gasteiger partial charge in [0.2, 0.25) is 0 Å². The van der Waals surface area contributed by atoms with Gasteiger partial charge in [0.05, 0.1) is 0 Å². The zero-order valence-corrected chi connectivity index (χ0v) is 4.35. The minimum absolute atomic E-state index is 0.109. The molecule has 3 heteroatoms. The van der Waals surface area contributed by atoms with Gasteiger partial charge >= 0.3 is 0 Å². The molecule has 0 rings (SSSR count). The lowest BCUT2D eigenvalue weighted by Gasteiger charge is -2.01. The molecule has 3 N–H and O–H groups in total. The van der Waals surface area contributed by atoms with Gasteiger partial charge in [-0.25, -0.2) is 0 Å². The zero-order chi connectivity index (χ0) is 5.70. The molecular weight excluding hydrogens is 92.1 g/mol. The monoisotopic (exact) mass is 102 g/mol. The highest BCUT2D eigenvalue weighted by atomic mass is 16.1. The van der Waals surface area contributed by atoms with E-state index < -0.39 is 0 Å². The molecule has 0 amide bonds. The lowest BCUT2D eigenvalue weighted by Crippen LogP contribution is -2.32. The van der Waals surface area contributed by atoms with Gasteiger partial charge in [0.1, 0.15) is 6.29 Å². The molecule has 0 saturated carbocycles. The standard InChI is InChI=1S/C4H10N2O/c1-4(6-5)2-3-7/h3-4,6H,2,5H2,1H3. The van der Waals surface area contributed by atoms with Crippen LogP contribution in [0.4, 0.5) is 0 Å². The minimum Gasteiger partial charge on any atom is -0.303 e. The number of hydrogen-bond acceptors (Lipinski definition) is 3. The summed E-state index contributed by atoms with van der Waals surface area (Å²) in [6.45, 7) is 1.84. The summed E-state index contributed by atoms with van der Waals surface area (Å²) in [5.74, 6) is 4.95. The second kappa shape index (κ2) is 3.77. The summed E-state index contributed by atoms with van der Waals surface area (Å²) in [5.41, 5.74) is 2.43. The summed E-state index contributed by atoms with van der Waals surface area (Å²) >= 11 is 0. The van der Waals surface area contributed by atoms with Gasteiger partial charge in [-0.1, -0.05) is 0 Å². The van der Waals surface area contributed by atoms with E-state index in [9.17, 15) is 4.79 Å². The first kappa shape index (κ1) is 6.59. The van der Waals surface area contributed by atoms with E-state index >= 15 is 0 Å². The van der Waals surface area contributed by atoms with E-state index in [1.54, 1.807) is 0 Å². The summed E-state index contributed by atoms with van der Waals surface area (Å²) in [5, 5.41) is 0. The van der Waals surface area contributed by atoms with Crippen molar-refractivity contribution in [2.75, 3.05) is 0 Å². The van der Waals surface area contributed by atoms with Crippen LogP contribution >= 0.6 is 0 Å². The Morgan fingerprint density at radius 1 is 2.00 bits per heavy atom. The smallest absolute Gasteiger partial charge is 0.121 e. The Balaban J connectivity index is 2.98. The van der Waals surface area contributed by atoms with E-state index in [-0.39, 0.29) is 6.04 Å². The molecule has 0 aromatic carbocycles. The van der Waals surface area contributed by atoms with E-state index in [0.717, 1.165) is 6.29 Å². The van der Waals surface area contributed by atoms with Crippen LogP contribution in [0.15, 0.2) is 0 Å². The van der Waals surface area contributed by atoms with E-state index in [2.05, 4.69) is 5.43 Å². The van der Waals surface area contributed by atoms with E-state index in [4.69, 9.17) is 5.84 Å². The lowest BCUT2D eigenvalue weighted by molar-refractivity contribution is -0.108. The third kappa shape index (κ3) is 3.42. The van der Waals surface area contributed by atoms with Crippen LogP contribution in [0.5, 0.6) is 0 Å². The average molecular weight is 102 g/mol. The Hall–Kier alpha value is -0.410. The summed E-state index contributed by atoms with van der Waals surface area (Å²) < 4.78 is 0. The topological polar surface area (TPSA) is 55.1 Å². The Kier molecular flexibility index (Phi) is 3.55. The van der Waals surface area contributed by atoms with Crippen molar-refractivity contribution in [3.8, 4) is 0 Å². The molecule has 7 heavy (non-hydrogen) atoms. The van der Waals surface area contributed by atoms with Crippen LogP contribution in [-0.2, 0) is 4.79 Å². The maximum absolute atomic E-state index is 9.68. The highest BCUT2D eigenvalue weighted by Crippen LogP contribution is 1.79. The van der Waals surface area contributed by atoms with Crippen molar-refractivity contribution in [2.24, 2.45) is 5.84 Å². The normalized spacial score (nSPS) is 13.4. The predicted molar refractivity (Wildman–Crippen MR) is 27.5 cm³/mol. The third-order valence-electron chi connectivity index (χ3n) is 0.734. The maximum atomic E-state index is 9.68. The van der Waals surface area contributed by atoms with Crippen LogP contribution in [0.3, 0.4) is 0 Å². The maximum Gasteiger partial charge on any atom is 0.121 e. The number of carbonyl (C=O) groups excluding carboxylic acids is 1. The van der Waals surface area contributed by atoms with Gasteiger partial charge in [-0.2, -0.15) is 0 Å². The zero-order valence-electron chi connectivity index (χ0n) is 4.35. The van der Waals surface area contributed by atoms with Gasteiger partial charge in [-0.15, -0.1) is 0 Å². The van der Waals surface area contributed by atoms with Crippen molar-refractivity contribution in [2.45, 2.75) is 19.4 Å². The molecule has 0 bridgehead atoms. The van der Waals surface area contributed by atoms with Gasteiger partial charge in [0, 0.05) is 12.5 Å². The van der Waals surface area contributed by atoms with Gasteiger partial charge in [-0.3, -0.25) is 11.3 Å². The molecule has 0 aliphatic carbocycles. The Morgan fingerprint density at radius 2 is 2.57 bits per heavy atom. The molecule has 0 spiro atoms. The number of carbonyl (C=O) groups is 1. The molecule has 0 saturated heterocycles. The second-order valence-corrected chi connectivity index (χ2v) is 1.47. The second-order valence-electron chi connectivity index (χ2n) is 1.47. The van der Waals surface area contributed by atoms with E-state index in [1.807, 2.05) is 6.92 Å². The first-order valence-electron chi connectivity index (χ1n) is 2.21. The van der Waals surface area contributed by atoms with E-state index in [1.165, 1.54) is 0 Å². The summed E-state index contributed by atoms with van der Waals surface area (Å²) in [7, 11) is 0. The number of nitrogens with one attached hydrogen (secondary N) is 1. The molecular formula is C4H10N2O. The quantitative estimate of drug-likeness (QED) is 0.285. The summed E-state index contributed by atoms with van der Waals surface area (Å²) in [4.78, 5) is 9.68. The van der Waals surface area contributed by atoms with Gasteiger partial charge in [0.15, 0.2) is 0 Å². The molecule has 0 aromatic heterocycles. The SMILES string of the molecule is CC(CC=O)NN. The molecule has 0 aromatic rings. The van der Waals surface area contributed by atoms with Gasteiger partial charge in [0.25, 0.3) is 0 Å². The molecule has 0 heterocycles. The number of hydrogen-bond donors (Lipinski definition) is 2. The molecule has 3 nitrogen and oxygen atoms in total. The first-order chi connectivity index (χ1) is 3.31. The van der Waals surface area contributed by atoms with Crippen LogP contribution in [0.25, 0.3) is 0 Å². The van der Waals surface area contributed by atoms with Crippen LogP contribution in [0, 0.1) is 0 Å². The van der Waals surface area contributed by atoms with Crippen LogP contribution < -0.4 is 11.3 Å². The number of aldehydes is 1. The van der Waals surface area contributed by atoms with Crippen molar-refractivity contribution in [3.05, 3.63) is 0 Å². The fourth-order valence-electron chi connectivity index (χ4n) is 0.212. The Morgan fingerprint density at radius 3 is 2.71 bits per heavy atom. The number of hydrazine groups is 1. The summed E-state index contributed by atoms with van der Waals surface area (Å²) in [6, 6.07) is 0.109. The summed E-state index contributed by atoms with van der Waals surface area (Å²) in [6.07, 6.45) is 1.32. The van der Waals surface area contributed by atoms with Crippen molar-refractivity contribution < 1.29 is 4.79 Å². The fraction of sp³-hybridized carbons (Fsp3) is 0.750. The molecule has 0 fully saturated rings. The van der Waals surface area contributed by atoms with Crippen molar-refractivity contribution in [1.82, 2.24) is 5.43 Å². The largest absolute Gasteiger partial charge is 0.303 e. The molecule has 0 aliphatic rings. The molecule has 0 radical (unpaired) electrons. The fourth-order valence-corrected chi connectivity index (χ4v) is 0.212. The first-order valence-corrected chi connectivity index (χ1v) is 2.21. The van der Waals surface area contributed by atoms with Crippen molar-refractivity contribution >= 4 is 6.29 Å². The highest BCUT2D eigenvalue weighted by Gasteiger charge is 1.92. The van der Waals surface area contributed by atoms with Crippen LogP contribution in [0.2, 0.25) is 0 Å². The highest BCUT2D eigenvalue weighted by molar-refractivity contribution is 5.50. The van der Waals surface area contributed by atoms with Crippen molar-refractivity contribution in [3.63, 3.8) is 0 Å². The van der Waals surface area contributed by atoms with Gasteiger partial charge < -0.3 is 4.79 Å². The number of nitrogens with two attached hydrogens (primary N) is 1. The molecule has 1 unspecified atom stereocenters. The third-order valence-corrected chi connectivity index (χ3v) is 0.734. The van der Waals surface area contributed by atoms with Crippen LogP contribution in [-0.4, -0.2) is 12.3 Å².